The summed E-state index contributed by atoms with van der Waals surface area (Å²) in [6.07, 6.45) is 0. The van der Waals surface area contributed by atoms with Crippen LogP contribution in [0.3, 0.4) is 0 Å². The minimum Gasteiger partial charge on any atom is -0.458 e. The molecule has 6 aliphatic heterocycles. The minimum atomic E-state index is -0.187. The molecule has 0 fully saturated rings. The van der Waals surface area contributed by atoms with Gasteiger partial charge in [-0.15, -0.1) is 0 Å². The van der Waals surface area contributed by atoms with Crippen LogP contribution >= 0.6 is 0 Å². The van der Waals surface area contributed by atoms with Gasteiger partial charge in [0.05, 0.1) is 5.69 Å². The molecular formula is C66H36B3NO6. The molecule has 0 N–H and O–H groups in total. The predicted molar refractivity (Wildman–Crippen MR) is 307 cm³/mol. The Kier molecular flexibility index (Phi) is 7.99. The molecule has 12 aromatic carbocycles. The van der Waals surface area contributed by atoms with Crippen molar-refractivity contribution in [3.05, 3.63) is 218 Å². The van der Waals surface area contributed by atoms with E-state index in [0.29, 0.717) is 0 Å². The van der Waals surface area contributed by atoms with E-state index >= 15 is 0 Å². The molecule has 10 heteroatoms. The number of benzene rings is 12. The molecule has 6 aliphatic rings. The van der Waals surface area contributed by atoms with Gasteiger partial charge in [-0.25, -0.2) is 0 Å². The lowest BCUT2D eigenvalue weighted by Crippen LogP contribution is -2.57. The molecule has 0 atom stereocenters. The Morgan fingerprint density at radius 1 is 0.211 bits per heavy atom. The van der Waals surface area contributed by atoms with Gasteiger partial charge in [0.2, 0.25) is 0 Å². The van der Waals surface area contributed by atoms with Crippen LogP contribution in [0.2, 0.25) is 0 Å². The standard InChI is InChI=1S/C66H36B3NO6/c1-3-15-37(16-4-1)70(38-17-5-2-6-18-38)39-29-62-66-63(30-39)76-61-36-45-41-32-50-59(74-58-28-14-26-56-65(58)68(50)47-20-8-11-23-53(47)72-56)34-43(41)40-31-49-60(35-44(40)42(45)33-51(61)69(66)48-21-9-12-24-54(48)73-62)75-57-27-13-25-55-64(57)67(49)46-19-7-10-22-52(46)71-55/h1-36H. The lowest BCUT2D eigenvalue weighted by molar-refractivity contribution is 0.464. The number of hydrogen-bond donors (Lipinski definition) is 0. The number of rotatable bonds is 3. The Balaban J connectivity index is 0.923. The van der Waals surface area contributed by atoms with Crippen molar-refractivity contribution < 1.29 is 28.4 Å². The summed E-state index contributed by atoms with van der Waals surface area (Å²) in [5.41, 5.74) is 12.6. The van der Waals surface area contributed by atoms with E-state index in [9.17, 15) is 0 Å². The molecule has 18 rings (SSSR count). The van der Waals surface area contributed by atoms with Crippen molar-refractivity contribution in [1.29, 1.82) is 0 Å². The van der Waals surface area contributed by atoms with Crippen molar-refractivity contribution in [2.75, 3.05) is 4.90 Å². The molecule has 0 saturated carbocycles. The van der Waals surface area contributed by atoms with Gasteiger partial charge >= 0.3 is 0 Å². The van der Waals surface area contributed by atoms with E-state index < -0.39 is 0 Å². The average Bonchev–Trinajstić information content (AvgIpc) is 3.61. The number of fused-ring (bicyclic) bond motifs is 18. The Labute approximate surface area is 437 Å². The summed E-state index contributed by atoms with van der Waals surface area (Å²) in [6.45, 7) is -0.411. The molecule has 76 heavy (non-hydrogen) atoms. The topological polar surface area (TPSA) is 58.6 Å². The Morgan fingerprint density at radius 3 is 0.895 bits per heavy atom. The smallest absolute Gasteiger partial charge is 0.260 e. The maximum absolute atomic E-state index is 7.37. The minimum absolute atomic E-state index is 0.108. The number of nitrogens with zero attached hydrogens (tertiary/aromatic N) is 1. The van der Waals surface area contributed by atoms with Gasteiger partial charge in [0, 0.05) is 39.9 Å². The van der Waals surface area contributed by atoms with E-state index in [0.717, 1.165) is 168 Å². The van der Waals surface area contributed by atoms with E-state index in [1.165, 1.54) is 0 Å². The molecule has 350 valence electrons. The third-order valence-corrected chi connectivity index (χ3v) is 16.6. The van der Waals surface area contributed by atoms with Gasteiger partial charge in [-0.1, -0.05) is 121 Å². The van der Waals surface area contributed by atoms with Crippen molar-refractivity contribution in [1.82, 2.24) is 0 Å². The van der Waals surface area contributed by atoms with Crippen LogP contribution in [0.15, 0.2) is 218 Å². The highest BCUT2D eigenvalue weighted by Gasteiger charge is 2.44. The Morgan fingerprint density at radius 2 is 0.500 bits per heavy atom. The van der Waals surface area contributed by atoms with Crippen LogP contribution in [-0.4, -0.2) is 20.1 Å². The third kappa shape index (κ3) is 5.54. The highest BCUT2D eigenvalue weighted by Crippen LogP contribution is 2.47. The molecule has 12 aromatic rings. The summed E-state index contributed by atoms with van der Waals surface area (Å²) < 4.78 is 41.5. The van der Waals surface area contributed by atoms with Crippen molar-refractivity contribution >= 4 is 119 Å². The molecule has 0 saturated heterocycles. The fourth-order valence-corrected chi connectivity index (χ4v) is 13.4. The van der Waals surface area contributed by atoms with Crippen LogP contribution in [0, 0.1) is 0 Å². The van der Waals surface area contributed by atoms with Crippen molar-refractivity contribution in [2.45, 2.75) is 0 Å². The first kappa shape index (κ1) is 40.7. The fraction of sp³-hybridized carbons (Fsp3) is 0. The van der Waals surface area contributed by atoms with E-state index in [1.54, 1.807) is 0 Å². The summed E-state index contributed by atoms with van der Waals surface area (Å²) in [5, 5.41) is 6.50. The molecule has 0 bridgehead atoms. The number of para-hydroxylation sites is 5. The quantitative estimate of drug-likeness (QED) is 0.129. The molecule has 0 spiro atoms. The van der Waals surface area contributed by atoms with Crippen LogP contribution < -0.4 is 82.5 Å². The Bertz CT molecular complexity index is 4500. The van der Waals surface area contributed by atoms with Crippen molar-refractivity contribution in [2.24, 2.45) is 0 Å². The SMILES string of the molecule is c1ccc(N(c2ccccc2)c2cc3c4c(c2)Oc2cc5c6cc7c(cc6c6cc8c(cc6c5cc2B4c2ccccc2O3)Oc2cccc3c2B8c2ccccc2O3)Oc2cccc3c2B7c2ccccc2O3)cc1. The number of hydrogen-bond acceptors (Lipinski definition) is 7. The third-order valence-electron chi connectivity index (χ3n) is 16.6. The first-order valence-corrected chi connectivity index (χ1v) is 25.9. The summed E-state index contributed by atoms with van der Waals surface area (Å²) in [7, 11) is 0. The zero-order valence-electron chi connectivity index (χ0n) is 40.4. The van der Waals surface area contributed by atoms with E-state index in [2.05, 4.69) is 181 Å². The predicted octanol–water partition coefficient (Wildman–Crippen LogP) is 10.8. The van der Waals surface area contributed by atoms with Crippen LogP contribution in [0.1, 0.15) is 0 Å². The highest BCUT2D eigenvalue weighted by molar-refractivity contribution is 7.00. The molecule has 0 radical (unpaired) electrons. The van der Waals surface area contributed by atoms with Gasteiger partial charge < -0.3 is 33.3 Å². The fourth-order valence-electron chi connectivity index (χ4n) is 13.4. The van der Waals surface area contributed by atoms with E-state index in [-0.39, 0.29) is 20.1 Å². The zero-order valence-corrected chi connectivity index (χ0v) is 40.4. The van der Waals surface area contributed by atoms with Crippen LogP contribution in [0.25, 0.3) is 32.3 Å². The number of ether oxygens (including phenoxy) is 6. The molecule has 7 nitrogen and oxygen atoms in total. The van der Waals surface area contributed by atoms with Gasteiger partial charge in [0.1, 0.15) is 69.0 Å². The lowest BCUT2D eigenvalue weighted by Gasteiger charge is -2.35. The lowest BCUT2D eigenvalue weighted by atomic mass is 9.34. The average molecular weight is 971 g/mol. The summed E-state index contributed by atoms with van der Waals surface area (Å²) in [5.74, 6) is 9.73. The van der Waals surface area contributed by atoms with Gasteiger partial charge in [-0.3, -0.25) is 0 Å². The van der Waals surface area contributed by atoms with Gasteiger partial charge in [0.15, 0.2) is 0 Å². The Hall–Kier alpha value is -9.79. The van der Waals surface area contributed by atoms with Crippen LogP contribution in [0.5, 0.6) is 69.0 Å². The molecular weight excluding hydrogens is 935 g/mol. The first-order valence-electron chi connectivity index (χ1n) is 25.9. The van der Waals surface area contributed by atoms with Crippen molar-refractivity contribution in [3.63, 3.8) is 0 Å². The monoisotopic (exact) mass is 971 g/mol. The summed E-state index contributed by atoms with van der Waals surface area (Å²) >= 11 is 0. The second-order valence-electron chi connectivity index (χ2n) is 20.5. The zero-order chi connectivity index (χ0) is 49.3. The van der Waals surface area contributed by atoms with Gasteiger partial charge in [-0.2, -0.15) is 0 Å². The molecule has 6 heterocycles. The second kappa shape index (κ2) is 14.9. The maximum atomic E-state index is 7.37. The largest absolute Gasteiger partial charge is 0.458 e. The molecule has 0 aromatic heterocycles. The molecule has 0 amide bonds. The van der Waals surface area contributed by atoms with Crippen molar-refractivity contribution in [3.8, 4) is 69.0 Å². The van der Waals surface area contributed by atoms with E-state index in [4.69, 9.17) is 28.4 Å². The first-order chi connectivity index (χ1) is 37.6. The molecule has 0 unspecified atom stereocenters. The van der Waals surface area contributed by atoms with Gasteiger partial charge in [0.25, 0.3) is 20.1 Å². The van der Waals surface area contributed by atoms with Gasteiger partial charge in [-0.05, 0) is 150 Å². The number of anilines is 3. The molecule has 0 aliphatic carbocycles. The maximum Gasteiger partial charge on any atom is 0.260 e. The summed E-state index contributed by atoms with van der Waals surface area (Å²) in [6, 6.07) is 76.8. The van der Waals surface area contributed by atoms with Crippen LogP contribution in [-0.2, 0) is 0 Å². The normalized spacial score (nSPS) is 13.8. The second-order valence-corrected chi connectivity index (χ2v) is 20.5. The van der Waals surface area contributed by atoms with E-state index in [1.807, 2.05) is 42.5 Å². The summed E-state index contributed by atoms with van der Waals surface area (Å²) in [4.78, 5) is 2.26. The highest BCUT2D eigenvalue weighted by atomic mass is 16.5. The van der Waals surface area contributed by atoms with Crippen LogP contribution in [0.4, 0.5) is 17.1 Å².